The molecule has 2 heterocycles. The van der Waals surface area contributed by atoms with Gasteiger partial charge in [0, 0.05) is 5.39 Å². The summed E-state index contributed by atoms with van der Waals surface area (Å²) in [7, 11) is 3.80. The Balaban J connectivity index is 2.23. The van der Waals surface area contributed by atoms with E-state index in [4.69, 9.17) is 4.74 Å². The minimum Gasteiger partial charge on any atom is -0.497 e. The van der Waals surface area contributed by atoms with Crippen molar-refractivity contribution >= 4 is 32.8 Å². The maximum atomic E-state index is 5.34. The van der Waals surface area contributed by atoms with Crippen molar-refractivity contribution in [1.82, 2.24) is 4.98 Å². The van der Waals surface area contributed by atoms with Gasteiger partial charge < -0.3 is 9.72 Å². The number of aromatic amines is 1. The maximum Gasteiger partial charge on any atom is 0.238 e. The summed E-state index contributed by atoms with van der Waals surface area (Å²) in [6.45, 7) is 0. The topological polar surface area (TPSA) is 28.9 Å². The van der Waals surface area contributed by atoms with Crippen molar-refractivity contribution in [2.45, 2.75) is 0 Å². The molecule has 3 heteroatoms. The summed E-state index contributed by atoms with van der Waals surface area (Å²) in [6, 6.07) is 16.8. The van der Waals surface area contributed by atoms with Crippen molar-refractivity contribution in [3.63, 3.8) is 0 Å². The van der Waals surface area contributed by atoms with Crippen LogP contribution >= 0.6 is 0 Å². The van der Waals surface area contributed by atoms with Crippen molar-refractivity contribution in [2.24, 2.45) is 7.05 Å². The molecular formula is C17H15N2O+. The highest BCUT2D eigenvalue weighted by Crippen LogP contribution is 2.26. The molecule has 0 radical (unpaired) electrons. The minimum atomic E-state index is 0.882. The van der Waals surface area contributed by atoms with Crippen molar-refractivity contribution in [1.29, 1.82) is 0 Å². The third-order valence-electron chi connectivity index (χ3n) is 3.94. The number of nitrogens with one attached hydrogen (secondary N) is 1. The number of H-pyrrole nitrogens is 1. The van der Waals surface area contributed by atoms with Crippen LogP contribution in [-0.4, -0.2) is 12.1 Å². The highest BCUT2D eigenvalue weighted by atomic mass is 16.5. The van der Waals surface area contributed by atoms with Crippen LogP contribution in [0.1, 0.15) is 0 Å². The van der Waals surface area contributed by atoms with Gasteiger partial charge in [-0.05, 0) is 30.3 Å². The summed E-state index contributed by atoms with van der Waals surface area (Å²) in [5.41, 5.74) is 4.72. The van der Waals surface area contributed by atoms with Crippen LogP contribution in [0.3, 0.4) is 0 Å². The molecule has 0 atom stereocenters. The fourth-order valence-electron chi connectivity index (χ4n) is 2.95. The SMILES string of the molecule is COc1ccc2cc3[nH]c4ccccc4c3[n+](C)c2c1. The lowest BCUT2D eigenvalue weighted by atomic mass is 10.1. The smallest absolute Gasteiger partial charge is 0.238 e. The van der Waals surface area contributed by atoms with Crippen molar-refractivity contribution < 1.29 is 9.30 Å². The van der Waals surface area contributed by atoms with Gasteiger partial charge in [-0.3, -0.25) is 0 Å². The highest BCUT2D eigenvalue weighted by Gasteiger charge is 2.17. The lowest BCUT2D eigenvalue weighted by Crippen LogP contribution is -2.29. The average molecular weight is 263 g/mol. The predicted molar refractivity (Wildman–Crippen MR) is 81.0 cm³/mol. The summed E-state index contributed by atoms with van der Waals surface area (Å²) >= 11 is 0. The van der Waals surface area contributed by atoms with E-state index in [1.165, 1.54) is 27.3 Å². The van der Waals surface area contributed by atoms with Gasteiger partial charge in [0.2, 0.25) is 11.0 Å². The molecule has 0 aliphatic rings. The van der Waals surface area contributed by atoms with Gasteiger partial charge >= 0.3 is 0 Å². The van der Waals surface area contributed by atoms with Gasteiger partial charge in [-0.15, -0.1) is 0 Å². The van der Waals surface area contributed by atoms with Crippen molar-refractivity contribution in [3.05, 3.63) is 48.5 Å². The average Bonchev–Trinajstić information content (AvgIpc) is 2.85. The molecule has 2 aromatic heterocycles. The lowest BCUT2D eigenvalue weighted by Gasteiger charge is -2.02. The van der Waals surface area contributed by atoms with E-state index in [0.717, 1.165) is 11.3 Å². The van der Waals surface area contributed by atoms with Crippen LogP contribution in [0.2, 0.25) is 0 Å². The second-order valence-electron chi connectivity index (χ2n) is 5.06. The summed E-state index contributed by atoms with van der Waals surface area (Å²) < 4.78 is 7.57. The Kier molecular flexibility index (Phi) is 2.24. The summed E-state index contributed by atoms with van der Waals surface area (Å²) in [4.78, 5) is 3.49. The molecule has 4 rings (SSSR count). The van der Waals surface area contributed by atoms with Crippen LogP contribution in [0.5, 0.6) is 5.75 Å². The Morgan fingerprint density at radius 3 is 2.70 bits per heavy atom. The van der Waals surface area contributed by atoms with Crippen LogP contribution in [-0.2, 0) is 7.05 Å². The number of fused-ring (bicyclic) bond motifs is 4. The van der Waals surface area contributed by atoms with Gasteiger partial charge in [-0.1, -0.05) is 12.1 Å². The van der Waals surface area contributed by atoms with E-state index in [9.17, 15) is 0 Å². The molecule has 0 aliphatic carbocycles. The summed E-state index contributed by atoms with van der Waals surface area (Å²) in [5, 5.41) is 2.45. The maximum absolute atomic E-state index is 5.34. The Hall–Kier alpha value is -2.55. The van der Waals surface area contributed by atoms with E-state index in [0.29, 0.717) is 0 Å². The van der Waals surface area contributed by atoms with Gasteiger partial charge in [0.25, 0.3) is 0 Å². The molecule has 98 valence electrons. The molecule has 1 N–H and O–H groups in total. The molecular weight excluding hydrogens is 248 g/mol. The van der Waals surface area contributed by atoms with Crippen LogP contribution in [0.15, 0.2) is 48.5 Å². The van der Waals surface area contributed by atoms with E-state index < -0.39 is 0 Å². The number of pyridine rings is 1. The lowest BCUT2D eigenvalue weighted by molar-refractivity contribution is -0.616. The molecule has 0 saturated heterocycles. The second kappa shape index (κ2) is 3.97. The number of rotatable bonds is 1. The van der Waals surface area contributed by atoms with Crippen LogP contribution < -0.4 is 9.30 Å². The third-order valence-corrected chi connectivity index (χ3v) is 3.94. The number of aryl methyl sites for hydroxylation is 1. The van der Waals surface area contributed by atoms with Gasteiger partial charge in [0.15, 0.2) is 0 Å². The van der Waals surface area contributed by atoms with Gasteiger partial charge in [0.05, 0.1) is 24.1 Å². The number of hydrogen-bond donors (Lipinski definition) is 1. The Labute approximate surface area is 116 Å². The van der Waals surface area contributed by atoms with Gasteiger partial charge in [0.1, 0.15) is 18.3 Å². The standard InChI is InChI=1S/C17H14N2O/c1-19-16-10-12(20-2)8-7-11(16)9-15-17(19)13-5-3-4-6-14(13)18-15/h3-10H,1-2H3/p+1. The Morgan fingerprint density at radius 1 is 1.00 bits per heavy atom. The van der Waals surface area contributed by atoms with Crippen LogP contribution in [0, 0.1) is 0 Å². The number of nitrogens with zero attached hydrogens (tertiary/aromatic N) is 1. The first kappa shape index (κ1) is 11.3. The first-order valence-corrected chi connectivity index (χ1v) is 6.65. The van der Waals surface area contributed by atoms with E-state index in [1.807, 2.05) is 6.07 Å². The van der Waals surface area contributed by atoms with Crippen LogP contribution in [0.25, 0.3) is 32.8 Å². The molecule has 0 amide bonds. The first-order chi connectivity index (χ1) is 9.78. The number of benzene rings is 2. The molecule has 2 aromatic carbocycles. The molecule has 0 bridgehead atoms. The fraction of sp³-hybridized carbons (Fsp3) is 0.118. The van der Waals surface area contributed by atoms with Gasteiger partial charge in [-0.2, -0.15) is 4.57 Å². The third kappa shape index (κ3) is 1.43. The van der Waals surface area contributed by atoms with Crippen molar-refractivity contribution in [3.8, 4) is 5.75 Å². The molecule has 0 saturated carbocycles. The van der Waals surface area contributed by atoms with E-state index in [-0.39, 0.29) is 0 Å². The zero-order valence-electron chi connectivity index (χ0n) is 11.5. The van der Waals surface area contributed by atoms with Gasteiger partial charge in [-0.25, -0.2) is 0 Å². The number of ether oxygens (including phenoxy) is 1. The van der Waals surface area contributed by atoms with Crippen molar-refractivity contribution in [2.75, 3.05) is 7.11 Å². The molecule has 4 aromatic rings. The molecule has 0 fully saturated rings. The fourth-order valence-corrected chi connectivity index (χ4v) is 2.95. The highest BCUT2D eigenvalue weighted by molar-refractivity contribution is 6.05. The minimum absolute atomic E-state index is 0.882. The molecule has 20 heavy (non-hydrogen) atoms. The Bertz CT molecular complexity index is 953. The van der Waals surface area contributed by atoms with Crippen LogP contribution in [0.4, 0.5) is 0 Å². The number of hydrogen-bond acceptors (Lipinski definition) is 1. The predicted octanol–water partition coefficient (Wildman–Crippen LogP) is 3.31. The normalized spacial score (nSPS) is 11.5. The second-order valence-corrected chi connectivity index (χ2v) is 5.06. The zero-order chi connectivity index (χ0) is 13.7. The molecule has 0 spiro atoms. The quantitative estimate of drug-likeness (QED) is 0.524. The monoisotopic (exact) mass is 263 g/mol. The van der Waals surface area contributed by atoms with E-state index in [2.05, 4.69) is 59.1 Å². The largest absolute Gasteiger partial charge is 0.497 e. The number of para-hydroxylation sites is 1. The van der Waals surface area contributed by atoms with E-state index in [1.54, 1.807) is 7.11 Å². The molecule has 0 aliphatic heterocycles. The zero-order valence-corrected chi connectivity index (χ0v) is 11.5. The summed E-state index contributed by atoms with van der Waals surface area (Å²) in [5.74, 6) is 0.882. The first-order valence-electron chi connectivity index (χ1n) is 6.65. The number of methoxy groups -OCH3 is 1. The summed E-state index contributed by atoms with van der Waals surface area (Å²) in [6.07, 6.45) is 0. The molecule has 0 unspecified atom stereocenters. The van der Waals surface area contributed by atoms with E-state index >= 15 is 0 Å². The number of aromatic nitrogens is 2. The molecule has 3 nitrogen and oxygen atoms in total. The Morgan fingerprint density at radius 2 is 1.85 bits per heavy atom.